The summed E-state index contributed by atoms with van der Waals surface area (Å²) < 4.78 is 10.2. The molecule has 1 atom stereocenters. The number of nitrogens with one attached hydrogen (secondary N) is 1. The van der Waals surface area contributed by atoms with E-state index in [4.69, 9.17) is 16.3 Å². The summed E-state index contributed by atoms with van der Waals surface area (Å²) in [7, 11) is 1.31. The van der Waals surface area contributed by atoms with Crippen LogP contribution in [0.2, 0.25) is 5.15 Å². The van der Waals surface area contributed by atoms with Crippen LogP contribution >= 0.6 is 22.9 Å². The molecule has 0 fully saturated rings. The highest BCUT2D eigenvalue weighted by molar-refractivity contribution is 7.18. The van der Waals surface area contributed by atoms with Crippen molar-refractivity contribution in [2.24, 2.45) is 0 Å². The van der Waals surface area contributed by atoms with Crippen LogP contribution in [0.5, 0.6) is 5.75 Å². The van der Waals surface area contributed by atoms with E-state index in [1.54, 1.807) is 0 Å². The summed E-state index contributed by atoms with van der Waals surface area (Å²) in [4.78, 5) is 16.0. The predicted octanol–water partition coefficient (Wildman–Crippen LogP) is 4.15. The number of carbonyl (C=O) groups is 1. The van der Waals surface area contributed by atoms with Crippen LogP contribution in [0.1, 0.15) is 35.1 Å². The number of esters is 1. The first kappa shape index (κ1) is 16.6. The lowest BCUT2D eigenvalue weighted by Crippen LogP contribution is -2.06. The van der Waals surface area contributed by atoms with Gasteiger partial charge in [-0.05, 0) is 31.5 Å². The maximum absolute atomic E-state index is 11.5. The molecule has 5 nitrogen and oxygen atoms in total. The number of thiazole rings is 1. The minimum atomic E-state index is -0.485. The number of ether oxygens (including phenoxy) is 2. The highest BCUT2D eigenvalue weighted by Crippen LogP contribution is 2.30. The van der Waals surface area contributed by atoms with E-state index in [0.717, 1.165) is 11.3 Å². The van der Waals surface area contributed by atoms with Gasteiger partial charge in [0.1, 0.15) is 5.75 Å². The van der Waals surface area contributed by atoms with E-state index in [0.29, 0.717) is 16.6 Å². The van der Waals surface area contributed by atoms with Gasteiger partial charge in [-0.2, -0.15) is 0 Å². The van der Waals surface area contributed by atoms with Crippen LogP contribution in [-0.2, 0) is 4.74 Å². The lowest BCUT2D eigenvalue weighted by atomic mass is 10.1. The first-order valence-corrected chi connectivity index (χ1v) is 7.98. The molecule has 0 amide bonds. The van der Waals surface area contributed by atoms with E-state index in [2.05, 4.69) is 15.0 Å². The summed E-state index contributed by atoms with van der Waals surface area (Å²) in [6.07, 6.45) is 0. The van der Waals surface area contributed by atoms with E-state index >= 15 is 0 Å². The number of methoxy groups -OCH3 is 1. The summed E-state index contributed by atoms with van der Waals surface area (Å²) in [5.74, 6) is 0.336. The van der Waals surface area contributed by atoms with Crippen LogP contribution in [0.25, 0.3) is 0 Å². The van der Waals surface area contributed by atoms with Crippen molar-refractivity contribution in [3.05, 3.63) is 39.9 Å². The molecule has 22 heavy (non-hydrogen) atoms. The molecule has 1 unspecified atom stereocenters. The van der Waals surface area contributed by atoms with Gasteiger partial charge in [-0.25, -0.2) is 9.78 Å². The number of hydrogen-bond acceptors (Lipinski definition) is 6. The van der Waals surface area contributed by atoms with E-state index in [1.807, 2.05) is 38.1 Å². The molecule has 0 saturated heterocycles. The zero-order chi connectivity index (χ0) is 16.1. The molecule has 0 aliphatic heterocycles. The van der Waals surface area contributed by atoms with Gasteiger partial charge in [-0.15, -0.1) is 0 Å². The molecule has 1 N–H and O–H groups in total. The molecule has 118 valence electrons. The molecule has 0 spiro atoms. The van der Waals surface area contributed by atoms with Crippen molar-refractivity contribution in [3.63, 3.8) is 0 Å². The SMILES string of the molecule is CCOc1cccc(C(C)Nc2nc(Cl)c(C(=O)OC)s2)c1. The van der Waals surface area contributed by atoms with Crippen molar-refractivity contribution in [2.75, 3.05) is 19.0 Å². The Hall–Kier alpha value is -1.79. The fourth-order valence-corrected chi connectivity index (χ4v) is 3.08. The lowest BCUT2D eigenvalue weighted by molar-refractivity contribution is 0.0606. The Morgan fingerprint density at radius 3 is 2.95 bits per heavy atom. The number of carbonyl (C=O) groups excluding carboxylic acids is 1. The second-order valence-corrected chi connectivity index (χ2v) is 5.86. The third-order valence-electron chi connectivity index (χ3n) is 2.97. The molecule has 0 bridgehead atoms. The Morgan fingerprint density at radius 1 is 1.50 bits per heavy atom. The minimum Gasteiger partial charge on any atom is -0.494 e. The Bertz CT molecular complexity index is 660. The van der Waals surface area contributed by atoms with Crippen LogP contribution in [0.4, 0.5) is 5.13 Å². The Kier molecular flexibility index (Phi) is 5.63. The molecule has 1 aromatic heterocycles. The largest absolute Gasteiger partial charge is 0.494 e. The fourth-order valence-electron chi connectivity index (χ4n) is 1.89. The number of hydrogen-bond donors (Lipinski definition) is 1. The van der Waals surface area contributed by atoms with Crippen molar-refractivity contribution in [2.45, 2.75) is 19.9 Å². The maximum Gasteiger partial charge on any atom is 0.351 e. The van der Waals surface area contributed by atoms with Crippen molar-refractivity contribution in [3.8, 4) is 5.75 Å². The molecule has 1 heterocycles. The average molecular weight is 341 g/mol. The van der Waals surface area contributed by atoms with Gasteiger partial charge >= 0.3 is 5.97 Å². The molecule has 2 rings (SSSR count). The van der Waals surface area contributed by atoms with Gasteiger partial charge in [0.2, 0.25) is 0 Å². The van der Waals surface area contributed by atoms with E-state index in [9.17, 15) is 4.79 Å². The molecule has 1 aromatic carbocycles. The van der Waals surface area contributed by atoms with Gasteiger partial charge in [0, 0.05) is 0 Å². The van der Waals surface area contributed by atoms with Gasteiger partial charge in [-0.1, -0.05) is 35.1 Å². The van der Waals surface area contributed by atoms with Crippen LogP contribution < -0.4 is 10.1 Å². The Labute approximate surface area is 138 Å². The van der Waals surface area contributed by atoms with Gasteiger partial charge < -0.3 is 14.8 Å². The summed E-state index contributed by atoms with van der Waals surface area (Å²) in [5.41, 5.74) is 1.05. The van der Waals surface area contributed by atoms with Crippen LogP contribution in [0.3, 0.4) is 0 Å². The van der Waals surface area contributed by atoms with E-state index in [-0.39, 0.29) is 11.2 Å². The Balaban J connectivity index is 2.13. The summed E-state index contributed by atoms with van der Waals surface area (Å²) in [6.45, 7) is 4.56. The first-order chi connectivity index (χ1) is 10.5. The van der Waals surface area contributed by atoms with Gasteiger partial charge in [-0.3, -0.25) is 0 Å². The standard InChI is InChI=1S/C15H17ClN2O3S/c1-4-21-11-7-5-6-10(8-11)9(2)17-15-18-13(16)12(22-15)14(19)20-3/h5-9H,4H2,1-3H3,(H,17,18). The van der Waals surface area contributed by atoms with Crippen molar-refractivity contribution < 1.29 is 14.3 Å². The average Bonchev–Trinajstić information content (AvgIpc) is 2.87. The van der Waals surface area contributed by atoms with Gasteiger partial charge in [0.05, 0.1) is 19.8 Å². The monoisotopic (exact) mass is 340 g/mol. The highest BCUT2D eigenvalue weighted by atomic mass is 35.5. The Morgan fingerprint density at radius 2 is 2.27 bits per heavy atom. The van der Waals surface area contributed by atoms with Crippen molar-refractivity contribution in [1.29, 1.82) is 0 Å². The third-order valence-corrected chi connectivity index (χ3v) is 4.32. The predicted molar refractivity (Wildman–Crippen MR) is 88.1 cm³/mol. The van der Waals surface area contributed by atoms with Crippen LogP contribution in [-0.4, -0.2) is 24.7 Å². The highest BCUT2D eigenvalue weighted by Gasteiger charge is 2.18. The zero-order valence-corrected chi connectivity index (χ0v) is 14.1. The second kappa shape index (κ2) is 7.47. The fraction of sp³-hybridized carbons (Fsp3) is 0.333. The molecular formula is C15H17ClN2O3S. The molecule has 0 aliphatic carbocycles. The molecule has 0 aliphatic rings. The lowest BCUT2D eigenvalue weighted by Gasteiger charge is -2.14. The number of nitrogens with zero attached hydrogens (tertiary/aromatic N) is 1. The van der Waals surface area contributed by atoms with Crippen molar-refractivity contribution >= 4 is 34.0 Å². The smallest absolute Gasteiger partial charge is 0.351 e. The molecule has 0 radical (unpaired) electrons. The van der Waals surface area contributed by atoms with Crippen LogP contribution in [0.15, 0.2) is 24.3 Å². The number of aromatic nitrogens is 1. The summed E-state index contributed by atoms with van der Waals surface area (Å²) in [6, 6.07) is 7.81. The quantitative estimate of drug-likeness (QED) is 0.800. The number of halogens is 1. The normalized spacial score (nSPS) is 11.8. The number of anilines is 1. The topological polar surface area (TPSA) is 60.5 Å². The van der Waals surface area contributed by atoms with E-state index < -0.39 is 5.97 Å². The zero-order valence-electron chi connectivity index (χ0n) is 12.6. The third kappa shape index (κ3) is 3.90. The van der Waals surface area contributed by atoms with Crippen molar-refractivity contribution in [1.82, 2.24) is 4.98 Å². The summed E-state index contributed by atoms with van der Waals surface area (Å²) in [5, 5.41) is 3.94. The molecule has 2 aromatic rings. The van der Waals surface area contributed by atoms with Gasteiger partial charge in [0.15, 0.2) is 15.2 Å². The van der Waals surface area contributed by atoms with E-state index in [1.165, 1.54) is 18.4 Å². The maximum atomic E-state index is 11.5. The number of benzene rings is 1. The van der Waals surface area contributed by atoms with Crippen LogP contribution in [0, 0.1) is 0 Å². The molecule has 0 saturated carbocycles. The minimum absolute atomic E-state index is 0.00637. The first-order valence-electron chi connectivity index (χ1n) is 6.79. The second-order valence-electron chi connectivity index (χ2n) is 4.50. The molecule has 7 heteroatoms. The number of rotatable bonds is 6. The van der Waals surface area contributed by atoms with Gasteiger partial charge in [0.25, 0.3) is 0 Å². The summed E-state index contributed by atoms with van der Waals surface area (Å²) >= 11 is 7.12. The molecular weight excluding hydrogens is 324 g/mol.